The summed E-state index contributed by atoms with van der Waals surface area (Å²) < 4.78 is 5.17. The molecule has 6 nitrogen and oxygen atoms in total. The van der Waals surface area contributed by atoms with Gasteiger partial charge in [0.1, 0.15) is 5.60 Å². The predicted molar refractivity (Wildman–Crippen MR) is 88.9 cm³/mol. The fourth-order valence-electron chi connectivity index (χ4n) is 2.02. The largest absolute Gasteiger partial charge is 0.444 e. The second kappa shape index (κ2) is 7.76. The first kappa shape index (κ1) is 18.7. The van der Waals surface area contributed by atoms with E-state index in [1.165, 1.54) is 12.1 Å². The second-order valence-corrected chi connectivity index (χ2v) is 6.02. The highest BCUT2D eigenvalue weighted by molar-refractivity contribution is 6.03. The third-order valence-corrected chi connectivity index (χ3v) is 3.11. The van der Waals surface area contributed by atoms with E-state index in [1.807, 2.05) is 13.8 Å². The number of anilines is 1. The van der Waals surface area contributed by atoms with Crippen molar-refractivity contribution in [1.82, 2.24) is 4.90 Å². The van der Waals surface area contributed by atoms with E-state index in [0.717, 1.165) is 0 Å². The van der Waals surface area contributed by atoms with Gasteiger partial charge in [0.05, 0.1) is 5.56 Å². The molecule has 0 atom stereocenters. The van der Waals surface area contributed by atoms with Gasteiger partial charge in [-0.3, -0.25) is 14.9 Å². The molecule has 0 fully saturated rings. The summed E-state index contributed by atoms with van der Waals surface area (Å²) in [4.78, 5) is 37.1. The topological polar surface area (TPSA) is 75.7 Å². The van der Waals surface area contributed by atoms with E-state index in [0.29, 0.717) is 25.1 Å². The zero-order valence-corrected chi connectivity index (χ0v) is 14.3. The molecule has 0 spiro atoms. The van der Waals surface area contributed by atoms with Crippen molar-refractivity contribution in [1.29, 1.82) is 0 Å². The summed E-state index contributed by atoms with van der Waals surface area (Å²) in [6.45, 7) is 10.1. The molecule has 0 saturated heterocycles. The molecule has 6 heteroatoms. The Morgan fingerprint density at radius 2 is 1.83 bits per heavy atom. The van der Waals surface area contributed by atoms with Crippen molar-refractivity contribution in [3.8, 4) is 0 Å². The first-order valence-electron chi connectivity index (χ1n) is 7.60. The van der Waals surface area contributed by atoms with Crippen LogP contribution in [0.25, 0.3) is 0 Å². The summed E-state index contributed by atoms with van der Waals surface area (Å²) in [5, 5.41) is 2.57. The van der Waals surface area contributed by atoms with Gasteiger partial charge >= 0.3 is 6.09 Å². The van der Waals surface area contributed by atoms with E-state index < -0.39 is 11.7 Å². The number of nitrogens with zero attached hydrogens (tertiary/aromatic N) is 1. The fourth-order valence-corrected chi connectivity index (χ4v) is 2.02. The Balaban J connectivity index is 3.05. The van der Waals surface area contributed by atoms with Crippen LogP contribution in [0.3, 0.4) is 0 Å². The second-order valence-electron chi connectivity index (χ2n) is 6.02. The van der Waals surface area contributed by atoms with Crippen molar-refractivity contribution >= 4 is 24.0 Å². The van der Waals surface area contributed by atoms with Crippen LogP contribution in [0.1, 0.15) is 55.3 Å². The van der Waals surface area contributed by atoms with Crippen LogP contribution in [0, 0.1) is 0 Å². The van der Waals surface area contributed by atoms with Gasteiger partial charge < -0.3 is 9.64 Å². The Bertz CT molecular complexity index is 587. The maximum atomic E-state index is 12.5. The van der Waals surface area contributed by atoms with E-state index in [2.05, 4.69) is 5.32 Å². The SMILES string of the molecule is CCN(CC)C(=O)c1cc(NC(=O)OC(C)(C)C)ccc1C=O. The molecule has 0 aliphatic heterocycles. The number of rotatable bonds is 5. The van der Waals surface area contributed by atoms with Crippen LogP contribution >= 0.6 is 0 Å². The first-order chi connectivity index (χ1) is 10.7. The Morgan fingerprint density at radius 1 is 1.22 bits per heavy atom. The minimum absolute atomic E-state index is 0.245. The lowest BCUT2D eigenvalue weighted by Gasteiger charge is -2.21. The van der Waals surface area contributed by atoms with Crippen LogP contribution in [-0.2, 0) is 4.74 Å². The van der Waals surface area contributed by atoms with Crippen molar-refractivity contribution < 1.29 is 19.1 Å². The molecule has 0 aromatic heterocycles. The maximum Gasteiger partial charge on any atom is 0.412 e. The van der Waals surface area contributed by atoms with Crippen molar-refractivity contribution in [3.63, 3.8) is 0 Å². The molecule has 1 rings (SSSR count). The zero-order valence-electron chi connectivity index (χ0n) is 14.3. The lowest BCUT2D eigenvalue weighted by molar-refractivity contribution is 0.0635. The molecule has 0 bridgehead atoms. The Morgan fingerprint density at radius 3 is 2.30 bits per heavy atom. The Hall–Kier alpha value is -2.37. The standard InChI is InChI=1S/C17H24N2O4/c1-6-19(7-2)15(21)14-10-13(9-8-12(14)11-20)18-16(22)23-17(3,4)5/h8-11H,6-7H2,1-5H3,(H,18,22). The monoisotopic (exact) mass is 320 g/mol. The first-order valence-corrected chi connectivity index (χ1v) is 7.60. The number of benzene rings is 1. The van der Waals surface area contributed by atoms with E-state index >= 15 is 0 Å². The minimum Gasteiger partial charge on any atom is -0.444 e. The van der Waals surface area contributed by atoms with Crippen molar-refractivity contribution in [2.75, 3.05) is 18.4 Å². The summed E-state index contributed by atoms with van der Waals surface area (Å²) >= 11 is 0. The Kier molecular flexibility index (Phi) is 6.30. The highest BCUT2D eigenvalue weighted by Gasteiger charge is 2.19. The predicted octanol–water partition coefficient (Wildman–Crippen LogP) is 3.33. The summed E-state index contributed by atoms with van der Waals surface area (Å²) in [7, 11) is 0. The van der Waals surface area contributed by atoms with Gasteiger partial charge in [0, 0.05) is 24.3 Å². The highest BCUT2D eigenvalue weighted by Crippen LogP contribution is 2.18. The summed E-state index contributed by atoms with van der Waals surface area (Å²) in [6, 6.07) is 4.57. The van der Waals surface area contributed by atoms with Gasteiger partial charge in [-0.05, 0) is 52.8 Å². The number of aldehydes is 1. The molecule has 2 amide bonds. The lowest BCUT2D eigenvalue weighted by atomic mass is 10.1. The molecule has 126 valence electrons. The van der Waals surface area contributed by atoms with E-state index in [1.54, 1.807) is 31.7 Å². The van der Waals surface area contributed by atoms with Crippen molar-refractivity contribution in [2.45, 2.75) is 40.2 Å². The third kappa shape index (κ3) is 5.39. The number of carbonyl (C=O) groups is 3. The Labute approximate surface area is 136 Å². The van der Waals surface area contributed by atoms with Crippen LogP contribution in [-0.4, -0.2) is 41.9 Å². The molecule has 1 N–H and O–H groups in total. The number of ether oxygens (including phenoxy) is 1. The van der Waals surface area contributed by atoms with E-state index in [9.17, 15) is 14.4 Å². The number of hydrogen-bond donors (Lipinski definition) is 1. The van der Waals surface area contributed by atoms with Crippen LogP contribution in [0.5, 0.6) is 0 Å². The average Bonchev–Trinajstić information content (AvgIpc) is 2.46. The van der Waals surface area contributed by atoms with Crippen molar-refractivity contribution in [3.05, 3.63) is 29.3 Å². The number of amides is 2. The normalized spacial score (nSPS) is 10.8. The van der Waals surface area contributed by atoms with E-state index in [-0.39, 0.29) is 17.0 Å². The maximum absolute atomic E-state index is 12.5. The van der Waals surface area contributed by atoms with Gasteiger partial charge in [-0.1, -0.05) is 0 Å². The molecule has 0 heterocycles. The summed E-state index contributed by atoms with van der Waals surface area (Å²) in [6.07, 6.45) is 0.0196. The number of carbonyl (C=O) groups excluding carboxylic acids is 3. The van der Waals surface area contributed by atoms with Crippen LogP contribution in [0.2, 0.25) is 0 Å². The molecule has 1 aromatic rings. The minimum atomic E-state index is -0.618. The van der Waals surface area contributed by atoms with E-state index in [4.69, 9.17) is 4.74 Å². The molecule has 23 heavy (non-hydrogen) atoms. The van der Waals surface area contributed by atoms with Gasteiger partial charge in [-0.2, -0.15) is 0 Å². The highest BCUT2D eigenvalue weighted by atomic mass is 16.6. The molecule has 0 aliphatic carbocycles. The lowest BCUT2D eigenvalue weighted by Crippen LogP contribution is -2.31. The van der Waals surface area contributed by atoms with Gasteiger partial charge in [0.15, 0.2) is 6.29 Å². The zero-order chi connectivity index (χ0) is 17.6. The molecule has 0 saturated carbocycles. The molecule has 1 aromatic carbocycles. The molecular weight excluding hydrogens is 296 g/mol. The van der Waals surface area contributed by atoms with Crippen molar-refractivity contribution in [2.24, 2.45) is 0 Å². The van der Waals surface area contributed by atoms with Gasteiger partial charge in [0.2, 0.25) is 0 Å². The molecular formula is C17H24N2O4. The molecule has 0 aliphatic rings. The summed E-state index contributed by atoms with van der Waals surface area (Å²) in [5.74, 6) is -0.245. The third-order valence-electron chi connectivity index (χ3n) is 3.11. The number of hydrogen-bond acceptors (Lipinski definition) is 4. The smallest absolute Gasteiger partial charge is 0.412 e. The molecule has 0 radical (unpaired) electrons. The number of nitrogens with one attached hydrogen (secondary N) is 1. The van der Waals surface area contributed by atoms with Gasteiger partial charge in [0.25, 0.3) is 5.91 Å². The van der Waals surface area contributed by atoms with Gasteiger partial charge in [-0.25, -0.2) is 4.79 Å². The fraction of sp³-hybridized carbons (Fsp3) is 0.471. The summed E-state index contributed by atoms with van der Waals surface area (Å²) in [5.41, 5.74) is 0.335. The molecule has 0 unspecified atom stereocenters. The van der Waals surface area contributed by atoms with Crippen LogP contribution in [0.4, 0.5) is 10.5 Å². The average molecular weight is 320 g/mol. The van der Waals surface area contributed by atoms with Crippen LogP contribution < -0.4 is 5.32 Å². The van der Waals surface area contributed by atoms with Crippen LogP contribution in [0.15, 0.2) is 18.2 Å². The van der Waals surface area contributed by atoms with Gasteiger partial charge in [-0.15, -0.1) is 0 Å². The quantitative estimate of drug-likeness (QED) is 0.844.